The molecule has 0 aromatic carbocycles. The summed E-state index contributed by atoms with van der Waals surface area (Å²) in [7, 11) is 0. The van der Waals surface area contributed by atoms with Gasteiger partial charge in [-0.2, -0.15) is 0 Å². The van der Waals surface area contributed by atoms with Gasteiger partial charge in [0.2, 0.25) is 5.76 Å². The standard InChI is InChI=1S/C18H28O4/c1-3-21-16(19)15-12-14-13(8-11-17(14,2)20)18(22-15)9-6-4-5-7-10-18/h12-14,20H,3-11H2,1-2H3/t13-,14+,17-/m1/s1. The molecule has 1 spiro atoms. The number of hydrogen-bond acceptors (Lipinski definition) is 4. The van der Waals surface area contributed by atoms with E-state index in [0.29, 0.717) is 18.3 Å². The molecule has 22 heavy (non-hydrogen) atoms. The molecule has 1 N–H and O–H groups in total. The van der Waals surface area contributed by atoms with Crippen molar-refractivity contribution < 1.29 is 19.4 Å². The van der Waals surface area contributed by atoms with E-state index in [1.165, 1.54) is 12.8 Å². The minimum atomic E-state index is -0.745. The Morgan fingerprint density at radius 1 is 1.32 bits per heavy atom. The quantitative estimate of drug-likeness (QED) is 0.795. The molecule has 1 heterocycles. The van der Waals surface area contributed by atoms with Crippen LogP contribution in [0.2, 0.25) is 0 Å². The van der Waals surface area contributed by atoms with Crippen LogP contribution in [0.1, 0.15) is 65.2 Å². The van der Waals surface area contributed by atoms with Crippen molar-refractivity contribution >= 4 is 5.97 Å². The van der Waals surface area contributed by atoms with E-state index in [1.54, 1.807) is 6.92 Å². The molecule has 0 aromatic heterocycles. The first-order valence-electron chi connectivity index (χ1n) is 8.79. The van der Waals surface area contributed by atoms with Gasteiger partial charge in [0.05, 0.1) is 12.2 Å². The molecule has 124 valence electrons. The molecule has 3 aliphatic rings. The molecule has 0 saturated heterocycles. The van der Waals surface area contributed by atoms with Gasteiger partial charge >= 0.3 is 5.97 Å². The van der Waals surface area contributed by atoms with Gasteiger partial charge in [-0.15, -0.1) is 0 Å². The summed E-state index contributed by atoms with van der Waals surface area (Å²) in [5.41, 5.74) is -1.02. The lowest BCUT2D eigenvalue weighted by atomic mass is 9.71. The summed E-state index contributed by atoms with van der Waals surface area (Å²) in [5, 5.41) is 10.8. The Hall–Kier alpha value is -1.03. The van der Waals surface area contributed by atoms with E-state index in [2.05, 4.69) is 0 Å². The number of ether oxygens (including phenoxy) is 2. The maximum absolute atomic E-state index is 12.2. The summed E-state index contributed by atoms with van der Waals surface area (Å²) < 4.78 is 11.4. The third-order valence-electron chi connectivity index (χ3n) is 5.86. The SMILES string of the molecule is CCOC(=O)C1=C[C@H]2[C@@H](CC[C@@]2(C)O)C2(CCCCCC2)O1. The second-order valence-electron chi connectivity index (χ2n) is 7.36. The molecule has 0 amide bonds. The smallest absolute Gasteiger partial charge is 0.373 e. The summed E-state index contributed by atoms with van der Waals surface area (Å²) in [5.74, 6) is 0.261. The number of hydrogen-bond donors (Lipinski definition) is 1. The van der Waals surface area contributed by atoms with Gasteiger partial charge in [-0.1, -0.05) is 12.8 Å². The van der Waals surface area contributed by atoms with Gasteiger partial charge < -0.3 is 14.6 Å². The number of carbonyl (C=O) groups is 1. The second-order valence-corrected chi connectivity index (χ2v) is 7.36. The van der Waals surface area contributed by atoms with E-state index in [4.69, 9.17) is 9.47 Å². The van der Waals surface area contributed by atoms with Crippen molar-refractivity contribution in [3.8, 4) is 0 Å². The highest BCUT2D eigenvalue weighted by atomic mass is 16.6. The first-order chi connectivity index (χ1) is 10.5. The van der Waals surface area contributed by atoms with Crippen LogP contribution in [0.5, 0.6) is 0 Å². The van der Waals surface area contributed by atoms with E-state index < -0.39 is 5.60 Å². The predicted molar refractivity (Wildman–Crippen MR) is 83.1 cm³/mol. The van der Waals surface area contributed by atoms with Gasteiger partial charge in [-0.05, 0) is 58.4 Å². The van der Waals surface area contributed by atoms with E-state index >= 15 is 0 Å². The normalized spacial score (nSPS) is 37.0. The van der Waals surface area contributed by atoms with Crippen LogP contribution < -0.4 is 0 Å². The molecule has 0 unspecified atom stereocenters. The summed E-state index contributed by atoms with van der Waals surface area (Å²) >= 11 is 0. The Bertz CT molecular complexity index is 458. The Kier molecular flexibility index (Phi) is 4.23. The highest BCUT2D eigenvalue weighted by Gasteiger charge is 2.56. The first-order valence-corrected chi connectivity index (χ1v) is 8.79. The molecular formula is C18H28O4. The number of carbonyl (C=O) groups excluding carboxylic acids is 1. The highest BCUT2D eigenvalue weighted by molar-refractivity contribution is 5.86. The van der Waals surface area contributed by atoms with Gasteiger partial charge in [0.25, 0.3) is 0 Å². The van der Waals surface area contributed by atoms with Crippen LogP contribution >= 0.6 is 0 Å². The van der Waals surface area contributed by atoms with E-state index in [-0.39, 0.29) is 17.5 Å². The maximum atomic E-state index is 12.2. The Morgan fingerprint density at radius 3 is 2.64 bits per heavy atom. The molecular weight excluding hydrogens is 280 g/mol. The lowest BCUT2D eigenvalue weighted by molar-refractivity contribution is -0.155. The van der Waals surface area contributed by atoms with Crippen molar-refractivity contribution in [2.45, 2.75) is 76.4 Å². The monoisotopic (exact) mass is 308 g/mol. The van der Waals surface area contributed by atoms with Gasteiger partial charge in [0, 0.05) is 11.8 Å². The van der Waals surface area contributed by atoms with Crippen LogP contribution in [-0.2, 0) is 14.3 Å². The molecule has 0 aromatic rings. The van der Waals surface area contributed by atoms with Crippen LogP contribution in [0.3, 0.4) is 0 Å². The van der Waals surface area contributed by atoms with Crippen LogP contribution in [-0.4, -0.2) is 28.9 Å². The zero-order chi connectivity index (χ0) is 15.8. The third-order valence-corrected chi connectivity index (χ3v) is 5.86. The van der Waals surface area contributed by atoms with Crippen molar-refractivity contribution in [1.29, 1.82) is 0 Å². The molecule has 3 atom stereocenters. The zero-order valence-electron chi connectivity index (χ0n) is 13.8. The summed E-state index contributed by atoms with van der Waals surface area (Å²) in [4.78, 5) is 12.2. The summed E-state index contributed by atoms with van der Waals surface area (Å²) in [6.45, 7) is 4.04. The predicted octanol–water partition coefficient (Wildman–Crippen LogP) is 3.33. The van der Waals surface area contributed by atoms with Crippen LogP contribution in [0.4, 0.5) is 0 Å². The molecule has 0 radical (unpaired) electrons. The van der Waals surface area contributed by atoms with Crippen LogP contribution in [0.15, 0.2) is 11.8 Å². The largest absolute Gasteiger partial charge is 0.480 e. The molecule has 4 nitrogen and oxygen atoms in total. The Morgan fingerprint density at radius 2 is 2.00 bits per heavy atom. The fourth-order valence-corrected chi connectivity index (χ4v) is 4.72. The number of aliphatic hydroxyl groups is 1. The van der Waals surface area contributed by atoms with Crippen molar-refractivity contribution in [2.24, 2.45) is 11.8 Å². The van der Waals surface area contributed by atoms with Gasteiger partial charge in [0.15, 0.2) is 0 Å². The van der Waals surface area contributed by atoms with Crippen molar-refractivity contribution in [3.05, 3.63) is 11.8 Å². The lowest BCUT2D eigenvalue weighted by Crippen LogP contribution is -2.49. The second kappa shape index (κ2) is 5.88. The molecule has 4 heteroatoms. The van der Waals surface area contributed by atoms with E-state index in [9.17, 15) is 9.90 Å². The van der Waals surface area contributed by atoms with Crippen molar-refractivity contribution in [3.63, 3.8) is 0 Å². The van der Waals surface area contributed by atoms with Gasteiger partial charge in [-0.25, -0.2) is 4.79 Å². The van der Waals surface area contributed by atoms with E-state index in [1.807, 2.05) is 13.0 Å². The van der Waals surface area contributed by atoms with Crippen LogP contribution in [0.25, 0.3) is 0 Å². The fraction of sp³-hybridized carbons (Fsp3) is 0.833. The molecule has 3 rings (SSSR count). The third kappa shape index (κ3) is 2.66. The lowest BCUT2D eigenvalue weighted by Gasteiger charge is -2.46. The maximum Gasteiger partial charge on any atom is 0.373 e. The van der Waals surface area contributed by atoms with Crippen molar-refractivity contribution in [2.75, 3.05) is 6.61 Å². The van der Waals surface area contributed by atoms with Gasteiger partial charge in [-0.3, -0.25) is 0 Å². The summed E-state index contributed by atoms with van der Waals surface area (Å²) in [6, 6.07) is 0. The fourth-order valence-electron chi connectivity index (χ4n) is 4.72. The zero-order valence-corrected chi connectivity index (χ0v) is 13.8. The Labute approximate surface area is 132 Å². The minimum absolute atomic E-state index is 0.00115. The molecule has 2 fully saturated rings. The summed E-state index contributed by atoms with van der Waals surface area (Å²) in [6.07, 6.45) is 10.3. The highest BCUT2D eigenvalue weighted by Crippen LogP contribution is 2.54. The van der Waals surface area contributed by atoms with Crippen LogP contribution in [0, 0.1) is 11.8 Å². The molecule has 0 bridgehead atoms. The van der Waals surface area contributed by atoms with Crippen molar-refractivity contribution in [1.82, 2.24) is 0 Å². The average Bonchev–Trinajstić information content (AvgIpc) is 2.65. The number of rotatable bonds is 2. The Balaban J connectivity index is 1.95. The minimum Gasteiger partial charge on any atom is -0.480 e. The molecule has 2 saturated carbocycles. The topological polar surface area (TPSA) is 55.8 Å². The van der Waals surface area contributed by atoms with E-state index in [0.717, 1.165) is 38.5 Å². The average molecular weight is 308 g/mol. The molecule has 2 aliphatic carbocycles. The number of fused-ring (bicyclic) bond motifs is 2. The van der Waals surface area contributed by atoms with Gasteiger partial charge in [0.1, 0.15) is 5.60 Å². The molecule has 1 aliphatic heterocycles. The first kappa shape index (κ1) is 15.9. The number of esters is 1.